The SMILES string of the molecule is CNC1C(n2cnc(C)c2C)CCCC1(C)C. The van der Waals surface area contributed by atoms with Gasteiger partial charge in [-0.1, -0.05) is 20.3 Å². The maximum absolute atomic E-state index is 4.44. The summed E-state index contributed by atoms with van der Waals surface area (Å²) in [5.74, 6) is 0. The molecule has 0 saturated heterocycles. The highest BCUT2D eigenvalue weighted by Crippen LogP contribution is 2.41. The standard InChI is InChI=1S/C14H25N3/c1-10-11(2)17(9-16-10)12-7-6-8-14(3,4)13(12)15-5/h9,12-13,15H,6-8H2,1-5H3. The molecule has 0 amide bonds. The van der Waals surface area contributed by atoms with E-state index >= 15 is 0 Å². The van der Waals surface area contributed by atoms with Crippen molar-refractivity contribution in [3.8, 4) is 0 Å². The Bertz CT molecular complexity index is 392. The lowest BCUT2D eigenvalue weighted by molar-refractivity contribution is 0.118. The van der Waals surface area contributed by atoms with E-state index in [0.29, 0.717) is 17.5 Å². The molecule has 0 spiro atoms. The fraction of sp³-hybridized carbons (Fsp3) is 0.786. The van der Waals surface area contributed by atoms with Crippen molar-refractivity contribution < 1.29 is 0 Å². The second kappa shape index (κ2) is 4.45. The van der Waals surface area contributed by atoms with Crippen molar-refractivity contribution in [3.05, 3.63) is 17.7 Å². The van der Waals surface area contributed by atoms with Gasteiger partial charge in [-0.05, 0) is 39.2 Å². The third kappa shape index (κ3) is 2.13. The molecule has 1 saturated carbocycles. The molecule has 1 aliphatic rings. The second-order valence-electron chi connectivity index (χ2n) is 6.04. The first-order chi connectivity index (χ1) is 7.97. The van der Waals surface area contributed by atoms with Crippen LogP contribution in [0.25, 0.3) is 0 Å². The lowest BCUT2D eigenvalue weighted by Crippen LogP contribution is -2.49. The van der Waals surface area contributed by atoms with Gasteiger partial charge in [0.05, 0.1) is 18.1 Å². The molecule has 1 aromatic rings. The van der Waals surface area contributed by atoms with E-state index in [1.807, 2.05) is 6.33 Å². The van der Waals surface area contributed by atoms with Crippen molar-refractivity contribution in [2.45, 2.75) is 59.0 Å². The minimum Gasteiger partial charge on any atom is -0.330 e. The molecule has 0 aliphatic heterocycles. The van der Waals surface area contributed by atoms with Gasteiger partial charge in [0.1, 0.15) is 0 Å². The van der Waals surface area contributed by atoms with Crippen molar-refractivity contribution >= 4 is 0 Å². The Labute approximate surface area is 105 Å². The number of aromatic nitrogens is 2. The molecule has 2 atom stereocenters. The lowest BCUT2D eigenvalue weighted by Gasteiger charge is -2.44. The quantitative estimate of drug-likeness (QED) is 0.854. The predicted octanol–water partition coefficient (Wildman–Crippen LogP) is 2.84. The zero-order valence-corrected chi connectivity index (χ0v) is 11.7. The molecule has 1 heterocycles. The van der Waals surface area contributed by atoms with Gasteiger partial charge in [-0.2, -0.15) is 0 Å². The zero-order valence-electron chi connectivity index (χ0n) is 11.7. The van der Waals surface area contributed by atoms with E-state index in [0.717, 1.165) is 5.69 Å². The fourth-order valence-electron chi connectivity index (χ4n) is 3.34. The minimum atomic E-state index is 0.363. The first-order valence-corrected chi connectivity index (χ1v) is 6.64. The molecule has 2 unspecified atom stereocenters. The summed E-state index contributed by atoms with van der Waals surface area (Å²) in [6, 6.07) is 1.08. The molecule has 0 bridgehead atoms. The van der Waals surface area contributed by atoms with Gasteiger partial charge in [-0.25, -0.2) is 4.98 Å². The van der Waals surface area contributed by atoms with Gasteiger partial charge in [0.25, 0.3) is 0 Å². The molecule has 3 nitrogen and oxygen atoms in total. The summed E-state index contributed by atoms with van der Waals surface area (Å²) in [5.41, 5.74) is 2.83. The van der Waals surface area contributed by atoms with Crippen molar-refractivity contribution in [3.63, 3.8) is 0 Å². The maximum atomic E-state index is 4.44. The van der Waals surface area contributed by atoms with Crippen LogP contribution in [0.1, 0.15) is 50.5 Å². The summed E-state index contributed by atoms with van der Waals surface area (Å²) >= 11 is 0. The smallest absolute Gasteiger partial charge is 0.0954 e. The molecular weight excluding hydrogens is 210 g/mol. The van der Waals surface area contributed by atoms with Gasteiger partial charge in [-0.3, -0.25) is 0 Å². The molecule has 1 aromatic heterocycles. The van der Waals surface area contributed by atoms with Crippen molar-refractivity contribution in [1.82, 2.24) is 14.9 Å². The highest BCUT2D eigenvalue weighted by molar-refractivity contribution is 5.12. The van der Waals surface area contributed by atoms with Gasteiger partial charge in [0, 0.05) is 11.7 Å². The van der Waals surface area contributed by atoms with Crippen LogP contribution < -0.4 is 5.32 Å². The third-order valence-corrected chi connectivity index (χ3v) is 4.50. The van der Waals surface area contributed by atoms with Crippen molar-refractivity contribution in [2.75, 3.05) is 7.05 Å². The minimum absolute atomic E-state index is 0.363. The van der Waals surface area contributed by atoms with Crippen LogP contribution in [0.3, 0.4) is 0 Å². The van der Waals surface area contributed by atoms with Crippen LogP contribution in [-0.2, 0) is 0 Å². The van der Waals surface area contributed by atoms with Crippen LogP contribution in [-0.4, -0.2) is 22.6 Å². The summed E-state index contributed by atoms with van der Waals surface area (Å²) in [5, 5.41) is 3.53. The van der Waals surface area contributed by atoms with Crippen molar-refractivity contribution in [2.24, 2.45) is 5.41 Å². The van der Waals surface area contributed by atoms with Crippen LogP contribution in [0.4, 0.5) is 0 Å². The Balaban J connectivity index is 2.33. The van der Waals surface area contributed by atoms with Gasteiger partial charge >= 0.3 is 0 Å². The van der Waals surface area contributed by atoms with E-state index in [9.17, 15) is 0 Å². The van der Waals surface area contributed by atoms with Crippen LogP contribution in [0.15, 0.2) is 6.33 Å². The topological polar surface area (TPSA) is 29.9 Å². The summed E-state index contributed by atoms with van der Waals surface area (Å²) in [6.07, 6.45) is 5.89. The largest absolute Gasteiger partial charge is 0.330 e. The third-order valence-electron chi connectivity index (χ3n) is 4.50. The van der Waals surface area contributed by atoms with Crippen LogP contribution in [0, 0.1) is 19.3 Å². The zero-order chi connectivity index (χ0) is 12.6. The summed E-state index contributed by atoms with van der Waals surface area (Å²) in [4.78, 5) is 4.44. The molecule has 1 aliphatic carbocycles. The average molecular weight is 235 g/mol. The van der Waals surface area contributed by atoms with E-state index in [1.54, 1.807) is 0 Å². The number of nitrogens with zero attached hydrogens (tertiary/aromatic N) is 2. The molecule has 3 heteroatoms. The Morgan fingerprint density at radius 1 is 1.41 bits per heavy atom. The molecule has 17 heavy (non-hydrogen) atoms. The molecule has 1 fully saturated rings. The number of hydrogen-bond donors (Lipinski definition) is 1. The van der Waals surface area contributed by atoms with Crippen molar-refractivity contribution in [1.29, 1.82) is 0 Å². The summed E-state index contributed by atoms with van der Waals surface area (Å²) in [6.45, 7) is 9.02. The Hall–Kier alpha value is -0.830. The average Bonchev–Trinajstić information content (AvgIpc) is 2.58. The summed E-state index contributed by atoms with van der Waals surface area (Å²) in [7, 11) is 2.09. The van der Waals surface area contributed by atoms with Gasteiger partial charge in [0.15, 0.2) is 0 Å². The van der Waals surface area contributed by atoms with Gasteiger partial charge in [0.2, 0.25) is 0 Å². The number of nitrogens with one attached hydrogen (secondary N) is 1. The first kappa shape index (κ1) is 12.6. The van der Waals surface area contributed by atoms with Gasteiger partial charge in [-0.15, -0.1) is 0 Å². The fourth-order valence-corrected chi connectivity index (χ4v) is 3.34. The molecule has 2 rings (SSSR count). The van der Waals surface area contributed by atoms with Crippen LogP contribution in [0.5, 0.6) is 0 Å². The molecule has 0 radical (unpaired) electrons. The van der Waals surface area contributed by atoms with E-state index in [-0.39, 0.29) is 0 Å². The Kier molecular flexibility index (Phi) is 3.30. The number of likely N-dealkylation sites (N-methyl/N-ethyl adjacent to an activating group) is 1. The predicted molar refractivity (Wildman–Crippen MR) is 71.2 cm³/mol. The number of hydrogen-bond acceptors (Lipinski definition) is 2. The van der Waals surface area contributed by atoms with E-state index in [4.69, 9.17) is 0 Å². The highest BCUT2D eigenvalue weighted by atomic mass is 15.1. The normalized spacial score (nSPS) is 28.3. The number of rotatable bonds is 2. The second-order valence-corrected chi connectivity index (χ2v) is 6.04. The monoisotopic (exact) mass is 235 g/mol. The lowest BCUT2D eigenvalue weighted by atomic mass is 9.70. The molecule has 0 aromatic carbocycles. The molecular formula is C14H25N3. The molecule has 1 N–H and O–H groups in total. The Morgan fingerprint density at radius 3 is 2.65 bits per heavy atom. The number of aryl methyl sites for hydroxylation is 1. The van der Waals surface area contributed by atoms with E-state index in [1.165, 1.54) is 25.0 Å². The van der Waals surface area contributed by atoms with Crippen LogP contribution in [0.2, 0.25) is 0 Å². The Morgan fingerprint density at radius 2 is 2.12 bits per heavy atom. The first-order valence-electron chi connectivity index (χ1n) is 6.64. The van der Waals surface area contributed by atoms with E-state index in [2.05, 4.69) is 49.6 Å². The van der Waals surface area contributed by atoms with E-state index < -0.39 is 0 Å². The molecule has 96 valence electrons. The number of imidazole rings is 1. The van der Waals surface area contributed by atoms with Gasteiger partial charge < -0.3 is 9.88 Å². The highest BCUT2D eigenvalue weighted by Gasteiger charge is 2.39. The summed E-state index contributed by atoms with van der Waals surface area (Å²) < 4.78 is 2.37. The maximum Gasteiger partial charge on any atom is 0.0954 e. The van der Waals surface area contributed by atoms with Crippen LogP contribution >= 0.6 is 0 Å².